The van der Waals surface area contributed by atoms with Gasteiger partial charge in [0.2, 0.25) is 10.0 Å². The Balaban J connectivity index is 1.68. The Morgan fingerprint density at radius 1 is 0.939 bits per heavy atom. The standard InChI is InChI=1S/C24H25ClN4O3S/c1-28(2)22-12-6-18(7-13-22)16-26-27-24(30)20-8-14-23(15-9-20)29(33(3,31)32)17-19-4-10-21(25)11-5-19/h4-16H,17H2,1-3H3,(H,27,30)/b26-16+. The van der Waals surface area contributed by atoms with Gasteiger partial charge in [0.15, 0.2) is 0 Å². The molecule has 9 heteroatoms. The number of amides is 1. The first kappa shape index (κ1) is 24.3. The maximum absolute atomic E-state index is 12.4. The van der Waals surface area contributed by atoms with Crippen molar-refractivity contribution in [3.05, 3.63) is 94.5 Å². The molecule has 3 aromatic carbocycles. The second kappa shape index (κ2) is 10.5. The SMILES string of the molecule is CN(C)c1ccc(/C=N/NC(=O)c2ccc(N(Cc3ccc(Cl)cc3)S(C)(=O)=O)cc2)cc1. The lowest BCUT2D eigenvalue weighted by molar-refractivity contribution is 0.0955. The molecule has 1 amide bonds. The summed E-state index contributed by atoms with van der Waals surface area (Å²) >= 11 is 5.91. The molecule has 0 unspecified atom stereocenters. The van der Waals surface area contributed by atoms with Crippen LogP contribution in [0, 0.1) is 0 Å². The van der Waals surface area contributed by atoms with Crippen LogP contribution in [0.3, 0.4) is 0 Å². The van der Waals surface area contributed by atoms with Crippen molar-refractivity contribution in [2.24, 2.45) is 5.10 Å². The number of nitrogens with one attached hydrogen (secondary N) is 1. The monoisotopic (exact) mass is 484 g/mol. The van der Waals surface area contributed by atoms with Crippen LogP contribution >= 0.6 is 11.6 Å². The summed E-state index contributed by atoms with van der Waals surface area (Å²) in [7, 11) is 0.380. The van der Waals surface area contributed by atoms with Crippen molar-refractivity contribution in [3.63, 3.8) is 0 Å². The minimum atomic E-state index is -3.54. The zero-order valence-corrected chi connectivity index (χ0v) is 20.1. The van der Waals surface area contributed by atoms with Gasteiger partial charge in [-0.25, -0.2) is 13.8 Å². The van der Waals surface area contributed by atoms with Crippen LogP contribution in [0.2, 0.25) is 5.02 Å². The van der Waals surface area contributed by atoms with Crippen LogP contribution in [0.1, 0.15) is 21.5 Å². The molecule has 0 aliphatic carbocycles. The summed E-state index contributed by atoms with van der Waals surface area (Å²) in [4.78, 5) is 14.4. The highest BCUT2D eigenvalue weighted by Gasteiger charge is 2.18. The van der Waals surface area contributed by atoms with E-state index in [1.165, 1.54) is 4.31 Å². The van der Waals surface area contributed by atoms with Crippen LogP contribution < -0.4 is 14.6 Å². The van der Waals surface area contributed by atoms with Gasteiger partial charge < -0.3 is 4.90 Å². The van der Waals surface area contributed by atoms with Gasteiger partial charge in [-0.3, -0.25) is 9.10 Å². The van der Waals surface area contributed by atoms with Gasteiger partial charge in [-0.15, -0.1) is 0 Å². The summed E-state index contributed by atoms with van der Waals surface area (Å²) in [5.41, 5.74) is 6.00. The molecule has 0 bridgehead atoms. The molecule has 0 saturated heterocycles. The Bertz CT molecular complexity index is 1220. The van der Waals surface area contributed by atoms with Crippen LogP contribution in [-0.2, 0) is 16.6 Å². The number of hydrogen-bond donors (Lipinski definition) is 1. The number of carbonyl (C=O) groups is 1. The number of carbonyl (C=O) groups excluding carboxylic acids is 1. The molecule has 0 radical (unpaired) electrons. The van der Waals surface area contributed by atoms with E-state index in [0.29, 0.717) is 16.3 Å². The minimum absolute atomic E-state index is 0.151. The molecule has 0 aromatic heterocycles. The highest BCUT2D eigenvalue weighted by molar-refractivity contribution is 7.92. The molecule has 3 rings (SSSR count). The normalized spacial score (nSPS) is 11.4. The van der Waals surface area contributed by atoms with Crippen LogP contribution in [0.25, 0.3) is 0 Å². The fourth-order valence-electron chi connectivity index (χ4n) is 3.02. The summed E-state index contributed by atoms with van der Waals surface area (Å²) < 4.78 is 26.0. The van der Waals surface area contributed by atoms with Crippen molar-refractivity contribution in [3.8, 4) is 0 Å². The second-order valence-corrected chi connectivity index (χ2v) is 9.97. The summed E-state index contributed by atoms with van der Waals surface area (Å²) in [5, 5.41) is 4.57. The van der Waals surface area contributed by atoms with Gasteiger partial charge in [0.1, 0.15) is 0 Å². The van der Waals surface area contributed by atoms with Crippen molar-refractivity contribution in [2.75, 3.05) is 29.6 Å². The topological polar surface area (TPSA) is 82.1 Å². The summed E-state index contributed by atoms with van der Waals surface area (Å²) in [6.07, 6.45) is 2.70. The Labute approximate surface area is 199 Å². The first-order chi connectivity index (χ1) is 15.6. The zero-order valence-electron chi connectivity index (χ0n) is 18.6. The highest BCUT2D eigenvalue weighted by atomic mass is 35.5. The predicted octanol–water partition coefficient (Wildman–Crippen LogP) is 4.14. The van der Waals surface area contributed by atoms with Gasteiger partial charge in [-0.2, -0.15) is 5.10 Å². The van der Waals surface area contributed by atoms with E-state index >= 15 is 0 Å². The number of nitrogens with zero attached hydrogens (tertiary/aromatic N) is 3. The maximum Gasteiger partial charge on any atom is 0.271 e. The average Bonchev–Trinajstić information content (AvgIpc) is 2.78. The fourth-order valence-corrected chi connectivity index (χ4v) is 4.04. The lowest BCUT2D eigenvalue weighted by atomic mass is 10.2. The fraction of sp³-hybridized carbons (Fsp3) is 0.167. The van der Waals surface area contributed by atoms with Crippen LogP contribution in [0.15, 0.2) is 77.9 Å². The number of hydrogen-bond acceptors (Lipinski definition) is 5. The number of halogens is 1. The lowest BCUT2D eigenvalue weighted by Gasteiger charge is -2.22. The van der Waals surface area contributed by atoms with Gasteiger partial charge in [-0.1, -0.05) is 35.9 Å². The first-order valence-corrected chi connectivity index (χ1v) is 12.3. The molecular weight excluding hydrogens is 460 g/mol. The van der Waals surface area contributed by atoms with Crippen molar-refractivity contribution in [1.29, 1.82) is 0 Å². The molecule has 0 aliphatic rings. The zero-order chi connectivity index (χ0) is 24.0. The minimum Gasteiger partial charge on any atom is -0.378 e. The van der Waals surface area contributed by atoms with E-state index in [2.05, 4.69) is 10.5 Å². The Morgan fingerprint density at radius 3 is 2.06 bits per heavy atom. The molecule has 0 saturated carbocycles. The molecule has 3 aromatic rings. The molecule has 0 heterocycles. The number of hydrazone groups is 1. The Morgan fingerprint density at radius 2 is 1.52 bits per heavy atom. The maximum atomic E-state index is 12.4. The van der Waals surface area contributed by atoms with E-state index in [9.17, 15) is 13.2 Å². The summed E-state index contributed by atoms with van der Waals surface area (Å²) in [6.45, 7) is 0.151. The van der Waals surface area contributed by atoms with Gasteiger partial charge in [0.05, 0.1) is 24.7 Å². The molecular formula is C24H25ClN4O3S. The quantitative estimate of drug-likeness (QED) is 0.385. The predicted molar refractivity (Wildman–Crippen MR) is 135 cm³/mol. The van der Waals surface area contributed by atoms with Crippen molar-refractivity contribution < 1.29 is 13.2 Å². The van der Waals surface area contributed by atoms with Crippen LogP contribution in [0.4, 0.5) is 11.4 Å². The Hall–Kier alpha value is -3.36. The highest BCUT2D eigenvalue weighted by Crippen LogP contribution is 2.22. The van der Waals surface area contributed by atoms with Crippen molar-refractivity contribution >= 4 is 45.1 Å². The third kappa shape index (κ3) is 6.81. The van der Waals surface area contributed by atoms with E-state index < -0.39 is 15.9 Å². The van der Waals surface area contributed by atoms with E-state index in [0.717, 1.165) is 23.1 Å². The average molecular weight is 485 g/mol. The van der Waals surface area contributed by atoms with E-state index in [4.69, 9.17) is 11.6 Å². The first-order valence-electron chi connectivity index (χ1n) is 10.1. The molecule has 0 aliphatic heterocycles. The molecule has 7 nitrogen and oxygen atoms in total. The molecule has 1 N–H and O–H groups in total. The van der Waals surface area contributed by atoms with Crippen LogP contribution in [0.5, 0.6) is 0 Å². The van der Waals surface area contributed by atoms with E-state index in [1.807, 2.05) is 43.3 Å². The molecule has 0 fully saturated rings. The number of anilines is 2. The van der Waals surface area contributed by atoms with Crippen LogP contribution in [-0.4, -0.2) is 40.9 Å². The number of rotatable bonds is 8. The molecule has 33 heavy (non-hydrogen) atoms. The summed E-state index contributed by atoms with van der Waals surface area (Å²) in [5.74, 6) is -0.397. The number of sulfonamides is 1. The van der Waals surface area contributed by atoms with Crippen molar-refractivity contribution in [2.45, 2.75) is 6.54 Å². The van der Waals surface area contributed by atoms with Gasteiger partial charge in [-0.05, 0) is 59.7 Å². The third-order valence-corrected chi connectivity index (χ3v) is 6.24. The van der Waals surface area contributed by atoms with Gasteiger partial charge in [0, 0.05) is 30.4 Å². The molecule has 0 atom stereocenters. The third-order valence-electron chi connectivity index (χ3n) is 4.85. The van der Waals surface area contributed by atoms with Gasteiger partial charge >= 0.3 is 0 Å². The molecule has 172 valence electrons. The van der Waals surface area contributed by atoms with E-state index in [-0.39, 0.29) is 6.54 Å². The molecule has 0 spiro atoms. The lowest BCUT2D eigenvalue weighted by Crippen LogP contribution is -2.29. The largest absolute Gasteiger partial charge is 0.378 e. The second-order valence-electron chi connectivity index (χ2n) is 7.63. The smallest absolute Gasteiger partial charge is 0.271 e. The summed E-state index contributed by atoms with van der Waals surface area (Å²) in [6, 6.07) is 21.0. The Kier molecular flexibility index (Phi) is 7.73. The van der Waals surface area contributed by atoms with Crippen molar-refractivity contribution in [1.82, 2.24) is 5.43 Å². The van der Waals surface area contributed by atoms with Gasteiger partial charge in [0.25, 0.3) is 5.91 Å². The van der Waals surface area contributed by atoms with E-state index in [1.54, 1.807) is 54.7 Å². The number of benzene rings is 3.